The first-order chi connectivity index (χ1) is 13.7. The fraction of sp³-hybridized carbons (Fsp3) is 0.130. The van der Waals surface area contributed by atoms with Crippen molar-refractivity contribution in [1.82, 2.24) is 19.7 Å². The van der Waals surface area contributed by atoms with E-state index in [1.165, 1.54) is 5.56 Å². The number of carbonyl (C=O) groups excluding carboxylic acids is 1. The molecule has 0 bridgehead atoms. The summed E-state index contributed by atoms with van der Waals surface area (Å²) in [6.45, 7) is 0.572. The molecule has 2 aromatic heterocycles. The van der Waals surface area contributed by atoms with Crippen LogP contribution in [0.1, 0.15) is 16.1 Å². The van der Waals surface area contributed by atoms with Crippen LogP contribution < -0.4 is 5.32 Å². The molecular formula is C23H22N4O. The summed E-state index contributed by atoms with van der Waals surface area (Å²) in [6, 6.07) is 25.7. The minimum absolute atomic E-state index is 0.132. The van der Waals surface area contributed by atoms with Crippen molar-refractivity contribution in [3.05, 3.63) is 96.3 Å². The molecule has 0 unspecified atom stereocenters. The molecule has 0 aliphatic carbocycles. The van der Waals surface area contributed by atoms with E-state index in [0.717, 1.165) is 23.5 Å². The summed E-state index contributed by atoms with van der Waals surface area (Å²) in [4.78, 5) is 12.9. The molecule has 0 radical (unpaired) electrons. The van der Waals surface area contributed by atoms with Gasteiger partial charge in [-0.05, 0) is 42.3 Å². The Morgan fingerprint density at radius 1 is 0.964 bits per heavy atom. The molecule has 0 saturated carbocycles. The molecule has 4 rings (SSSR count). The zero-order valence-corrected chi connectivity index (χ0v) is 15.7. The van der Waals surface area contributed by atoms with Gasteiger partial charge < -0.3 is 9.88 Å². The van der Waals surface area contributed by atoms with Gasteiger partial charge in [-0.1, -0.05) is 48.5 Å². The summed E-state index contributed by atoms with van der Waals surface area (Å²) < 4.78 is 3.70. The van der Waals surface area contributed by atoms with Crippen molar-refractivity contribution in [3.63, 3.8) is 0 Å². The number of benzene rings is 2. The van der Waals surface area contributed by atoms with Crippen molar-refractivity contribution < 1.29 is 4.79 Å². The fourth-order valence-corrected chi connectivity index (χ4v) is 3.22. The predicted octanol–water partition coefficient (Wildman–Crippen LogP) is 3.85. The lowest BCUT2D eigenvalue weighted by molar-refractivity contribution is 0.0946. The number of hydrogen-bond acceptors (Lipinski definition) is 2. The van der Waals surface area contributed by atoms with Gasteiger partial charge in [0.05, 0.1) is 11.4 Å². The monoisotopic (exact) mass is 370 g/mol. The van der Waals surface area contributed by atoms with Gasteiger partial charge in [-0.15, -0.1) is 0 Å². The van der Waals surface area contributed by atoms with E-state index >= 15 is 0 Å². The lowest BCUT2D eigenvalue weighted by Gasteiger charge is -2.08. The number of hydrogen-bond donors (Lipinski definition) is 1. The van der Waals surface area contributed by atoms with Gasteiger partial charge >= 0.3 is 0 Å². The molecule has 0 spiro atoms. The van der Waals surface area contributed by atoms with Crippen molar-refractivity contribution in [2.75, 3.05) is 6.54 Å². The highest BCUT2D eigenvalue weighted by molar-refractivity contribution is 5.94. The quantitative estimate of drug-likeness (QED) is 0.560. The Kier molecular flexibility index (Phi) is 5.06. The van der Waals surface area contributed by atoms with Gasteiger partial charge in [-0.2, -0.15) is 5.10 Å². The molecule has 1 N–H and O–H groups in total. The van der Waals surface area contributed by atoms with Crippen LogP contribution in [0.15, 0.2) is 85.1 Å². The van der Waals surface area contributed by atoms with Crippen molar-refractivity contribution in [1.29, 1.82) is 0 Å². The zero-order valence-electron chi connectivity index (χ0n) is 15.7. The van der Waals surface area contributed by atoms with Crippen LogP contribution in [0, 0.1) is 0 Å². The molecule has 1 amide bonds. The highest BCUT2D eigenvalue weighted by Crippen LogP contribution is 2.22. The van der Waals surface area contributed by atoms with Crippen molar-refractivity contribution in [3.8, 4) is 17.1 Å². The number of rotatable bonds is 6. The number of carbonyl (C=O) groups is 1. The van der Waals surface area contributed by atoms with E-state index in [9.17, 15) is 4.79 Å². The highest BCUT2D eigenvalue weighted by Gasteiger charge is 2.18. The summed E-state index contributed by atoms with van der Waals surface area (Å²) in [7, 11) is 1.97. The summed E-state index contributed by atoms with van der Waals surface area (Å²) in [6.07, 6.45) is 2.76. The van der Waals surface area contributed by atoms with Crippen molar-refractivity contribution in [2.24, 2.45) is 7.05 Å². The number of para-hydroxylation sites is 1. The average Bonchev–Trinajstić information content (AvgIpc) is 3.35. The molecule has 0 saturated heterocycles. The lowest BCUT2D eigenvalue weighted by atomic mass is 10.1. The number of nitrogens with zero attached hydrogens (tertiary/aromatic N) is 3. The second-order valence-electron chi connectivity index (χ2n) is 6.66. The molecule has 28 heavy (non-hydrogen) atoms. The van der Waals surface area contributed by atoms with Gasteiger partial charge in [0.2, 0.25) is 0 Å². The van der Waals surface area contributed by atoms with Gasteiger partial charge in [-0.25, -0.2) is 4.68 Å². The van der Waals surface area contributed by atoms with E-state index in [0.29, 0.717) is 12.2 Å². The maximum absolute atomic E-state index is 12.9. The molecular weight excluding hydrogens is 348 g/mol. The third kappa shape index (κ3) is 3.74. The average molecular weight is 370 g/mol. The lowest BCUT2D eigenvalue weighted by Crippen LogP contribution is -2.27. The minimum atomic E-state index is -0.132. The molecule has 0 fully saturated rings. The van der Waals surface area contributed by atoms with Crippen LogP contribution in [0.4, 0.5) is 0 Å². The van der Waals surface area contributed by atoms with Crippen LogP contribution in [-0.2, 0) is 13.5 Å². The topological polar surface area (TPSA) is 51.9 Å². The second-order valence-corrected chi connectivity index (χ2v) is 6.66. The Morgan fingerprint density at radius 3 is 2.36 bits per heavy atom. The zero-order chi connectivity index (χ0) is 19.3. The molecule has 2 heterocycles. The van der Waals surface area contributed by atoms with Crippen LogP contribution in [-0.4, -0.2) is 26.8 Å². The largest absolute Gasteiger partial charge is 0.350 e. The van der Waals surface area contributed by atoms with E-state index in [4.69, 9.17) is 5.10 Å². The van der Waals surface area contributed by atoms with Crippen molar-refractivity contribution >= 4 is 5.91 Å². The maximum atomic E-state index is 12.9. The minimum Gasteiger partial charge on any atom is -0.350 e. The standard InChI is InChI=1S/C23H22N4O/c1-26-16-8-13-21(26)20-17-22(27(25-20)19-11-6-3-7-12-19)23(28)24-15-14-18-9-4-2-5-10-18/h2-13,16-17H,14-15H2,1H3,(H,24,28). The SMILES string of the molecule is Cn1cccc1-c1cc(C(=O)NCCc2ccccc2)n(-c2ccccc2)n1. The molecule has 5 heteroatoms. The van der Waals surface area contributed by atoms with Gasteiger partial charge in [0.1, 0.15) is 11.4 Å². The number of aromatic nitrogens is 3. The van der Waals surface area contributed by atoms with Gasteiger partial charge in [0.15, 0.2) is 0 Å². The van der Waals surface area contributed by atoms with Crippen LogP contribution in [0.2, 0.25) is 0 Å². The molecule has 140 valence electrons. The molecule has 4 aromatic rings. The van der Waals surface area contributed by atoms with Crippen molar-refractivity contribution in [2.45, 2.75) is 6.42 Å². The number of aryl methyl sites for hydroxylation is 1. The Morgan fingerprint density at radius 2 is 1.68 bits per heavy atom. The Bertz CT molecular complexity index is 1060. The summed E-state index contributed by atoms with van der Waals surface area (Å²) in [5, 5.41) is 7.73. The number of nitrogens with one attached hydrogen (secondary N) is 1. The van der Waals surface area contributed by atoms with Crippen LogP contribution >= 0.6 is 0 Å². The normalized spacial score (nSPS) is 10.8. The summed E-state index contributed by atoms with van der Waals surface area (Å²) in [5.74, 6) is -0.132. The van der Waals surface area contributed by atoms with Crippen LogP contribution in [0.3, 0.4) is 0 Å². The molecule has 0 aliphatic rings. The predicted molar refractivity (Wildman–Crippen MR) is 110 cm³/mol. The number of amides is 1. The van der Waals surface area contributed by atoms with E-state index in [1.54, 1.807) is 4.68 Å². The van der Waals surface area contributed by atoms with E-state index in [2.05, 4.69) is 17.4 Å². The third-order valence-electron chi connectivity index (χ3n) is 4.69. The summed E-state index contributed by atoms with van der Waals surface area (Å²) in [5.41, 5.74) is 4.31. The van der Waals surface area contributed by atoms with Gasteiger partial charge in [0, 0.05) is 19.8 Å². The Labute approximate surface area is 164 Å². The Balaban J connectivity index is 1.60. The fourth-order valence-electron chi connectivity index (χ4n) is 3.22. The van der Waals surface area contributed by atoms with E-state index in [1.807, 2.05) is 84.5 Å². The second kappa shape index (κ2) is 7.96. The smallest absolute Gasteiger partial charge is 0.270 e. The summed E-state index contributed by atoms with van der Waals surface area (Å²) >= 11 is 0. The molecule has 2 aromatic carbocycles. The van der Waals surface area contributed by atoms with Crippen LogP contribution in [0.25, 0.3) is 17.1 Å². The third-order valence-corrected chi connectivity index (χ3v) is 4.69. The molecule has 0 aliphatic heterocycles. The first-order valence-electron chi connectivity index (χ1n) is 9.32. The molecule has 0 atom stereocenters. The van der Waals surface area contributed by atoms with Gasteiger partial charge in [0.25, 0.3) is 5.91 Å². The van der Waals surface area contributed by atoms with E-state index < -0.39 is 0 Å². The van der Waals surface area contributed by atoms with Gasteiger partial charge in [-0.3, -0.25) is 4.79 Å². The van der Waals surface area contributed by atoms with E-state index in [-0.39, 0.29) is 5.91 Å². The highest BCUT2D eigenvalue weighted by atomic mass is 16.2. The maximum Gasteiger partial charge on any atom is 0.270 e. The first kappa shape index (κ1) is 17.8. The Hall–Kier alpha value is -3.60. The first-order valence-corrected chi connectivity index (χ1v) is 9.32. The van der Waals surface area contributed by atoms with Crippen LogP contribution in [0.5, 0.6) is 0 Å². The molecule has 5 nitrogen and oxygen atoms in total.